The van der Waals surface area contributed by atoms with Crippen molar-refractivity contribution in [1.29, 1.82) is 0 Å². The third-order valence-electron chi connectivity index (χ3n) is 6.30. The molecular weight excluding hydrogens is 584 g/mol. The lowest BCUT2D eigenvalue weighted by atomic mass is 9.96. The number of carbonyl (C=O) groups is 3. The highest BCUT2D eigenvalue weighted by Crippen LogP contribution is 2.26. The van der Waals surface area contributed by atoms with E-state index in [4.69, 9.17) is 19.8 Å². The van der Waals surface area contributed by atoms with Gasteiger partial charge in [-0.2, -0.15) is 26.3 Å². The summed E-state index contributed by atoms with van der Waals surface area (Å²) in [5.41, 5.74) is 8.90. The summed E-state index contributed by atoms with van der Waals surface area (Å²) in [5.74, 6) is -5.56. The van der Waals surface area contributed by atoms with Gasteiger partial charge in [-0.25, -0.2) is 9.59 Å². The molecule has 2 aliphatic rings. The lowest BCUT2D eigenvalue weighted by molar-refractivity contribution is -0.193. The molecule has 0 spiro atoms. The van der Waals surface area contributed by atoms with Crippen LogP contribution in [0.3, 0.4) is 0 Å². The van der Waals surface area contributed by atoms with Crippen LogP contribution in [-0.2, 0) is 9.59 Å². The monoisotopic (exact) mass is 615 g/mol. The van der Waals surface area contributed by atoms with Crippen LogP contribution >= 0.6 is 0 Å². The van der Waals surface area contributed by atoms with Gasteiger partial charge in [-0.15, -0.1) is 0 Å². The van der Waals surface area contributed by atoms with Gasteiger partial charge in [0, 0.05) is 24.3 Å². The molecule has 1 amide bonds. The molecule has 0 radical (unpaired) electrons. The first-order valence-corrected chi connectivity index (χ1v) is 12.9. The van der Waals surface area contributed by atoms with E-state index in [0.717, 1.165) is 61.4 Å². The second kappa shape index (κ2) is 15.3. The minimum atomic E-state index is -5.08. The summed E-state index contributed by atoms with van der Waals surface area (Å²) < 4.78 is 63.5. The Morgan fingerprint density at radius 3 is 1.49 bits per heavy atom. The first-order valence-electron chi connectivity index (χ1n) is 12.9. The molecule has 2 aliphatic heterocycles. The van der Waals surface area contributed by atoms with E-state index in [1.54, 1.807) is 0 Å². The zero-order valence-electron chi connectivity index (χ0n) is 23.2. The third-order valence-corrected chi connectivity index (χ3v) is 6.30. The number of aliphatic carboxylic acids is 2. The number of alkyl halides is 6. The molecule has 0 fully saturated rings. The van der Waals surface area contributed by atoms with Crippen LogP contribution in [0.4, 0.5) is 32.0 Å². The molecule has 0 unspecified atom stereocenters. The topological polar surface area (TPSA) is 128 Å². The maximum absolute atomic E-state index is 12.9. The summed E-state index contributed by atoms with van der Waals surface area (Å²) in [4.78, 5) is 30.7. The van der Waals surface area contributed by atoms with Gasteiger partial charge in [0.1, 0.15) is 0 Å². The maximum Gasteiger partial charge on any atom is 0.490 e. The molecule has 0 atom stereocenters. The van der Waals surface area contributed by atoms with Crippen LogP contribution in [0.25, 0.3) is 11.1 Å². The summed E-state index contributed by atoms with van der Waals surface area (Å²) in [6.45, 7) is 7.94. The fourth-order valence-corrected chi connectivity index (χ4v) is 4.08. The van der Waals surface area contributed by atoms with E-state index in [1.807, 2.05) is 19.1 Å². The standard InChI is InChI=1S/C25H29N3O.2C2HF3O2/c1-17-15-21(19-7-11-26-12-8-19)3-5-23(17)25(29)28-24-6-4-22(16-18(24)2)20-9-13-27-14-10-20;2*3-2(4,5)1(6)7/h3-7,9,15-16,26-27H,8,10-14H2,1-2H3,(H,28,29);2*(H,6,7). The number of aryl methyl sites for hydroxylation is 2. The van der Waals surface area contributed by atoms with Crippen molar-refractivity contribution in [2.75, 3.05) is 31.5 Å². The van der Waals surface area contributed by atoms with Crippen molar-refractivity contribution >= 4 is 34.7 Å². The number of anilines is 1. The van der Waals surface area contributed by atoms with Gasteiger partial charge in [0.05, 0.1) is 0 Å². The van der Waals surface area contributed by atoms with Gasteiger partial charge in [0.15, 0.2) is 0 Å². The Labute approximate surface area is 243 Å². The molecule has 0 saturated carbocycles. The molecule has 0 aromatic heterocycles. The lowest BCUT2D eigenvalue weighted by Crippen LogP contribution is -2.21. The quantitative estimate of drug-likeness (QED) is 0.285. The van der Waals surface area contributed by atoms with E-state index in [2.05, 4.69) is 59.3 Å². The van der Waals surface area contributed by atoms with Crippen molar-refractivity contribution in [3.05, 3.63) is 76.4 Å². The zero-order valence-corrected chi connectivity index (χ0v) is 23.2. The average molecular weight is 616 g/mol. The third kappa shape index (κ3) is 11.2. The number of benzene rings is 2. The summed E-state index contributed by atoms with van der Waals surface area (Å²) >= 11 is 0. The largest absolute Gasteiger partial charge is 0.490 e. The van der Waals surface area contributed by atoms with Gasteiger partial charge in [-0.1, -0.05) is 30.4 Å². The highest BCUT2D eigenvalue weighted by Gasteiger charge is 2.38. The first kappa shape index (κ1) is 35.0. The van der Waals surface area contributed by atoms with Crippen molar-refractivity contribution in [2.24, 2.45) is 0 Å². The number of hydrogen-bond donors (Lipinski definition) is 5. The van der Waals surface area contributed by atoms with Gasteiger partial charge in [0.25, 0.3) is 5.91 Å². The minimum Gasteiger partial charge on any atom is -0.475 e. The van der Waals surface area contributed by atoms with Crippen LogP contribution < -0.4 is 16.0 Å². The predicted molar refractivity (Wildman–Crippen MR) is 149 cm³/mol. The summed E-state index contributed by atoms with van der Waals surface area (Å²) in [7, 11) is 0. The number of carboxylic acid groups (broad SMARTS) is 2. The van der Waals surface area contributed by atoms with Crippen molar-refractivity contribution < 1.29 is 50.9 Å². The van der Waals surface area contributed by atoms with E-state index < -0.39 is 24.3 Å². The number of halogens is 6. The van der Waals surface area contributed by atoms with E-state index in [0.29, 0.717) is 0 Å². The Bertz CT molecular complexity index is 1360. The van der Waals surface area contributed by atoms with Crippen LogP contribution in [0, 0.1) is 13.8 Å². The molecule has 0 saturated heterocycles. The molecule has 0 aliphatic carbocycles. The Hall–Kier alpha value is -4.17. The van der Waals surface area contributed by atoms with Crippen LogP contribution in [0.1, 0.15) is 45.5 Å². The fraction of sp³-hybridized carbons (Fsp3) is 0.345. The Morgan fingerprint density at radius 2 is 1.14 bits per heavy atom. The van der Waals surface area contributed by atoms with Gasteiger partial charge in [-0.3, -0.25) is 4.79 Å². The molecule has 0 bridgehead atoms. The summed E-state index contributed by atoms with van der Waals surface area (Å²) in [5, 5.41) is 24.0. The molecule has 43 heavy (non-hydrogen) atoms. The minimum absolute atomic E-state index is 0.0507. The predicted octanol–water partition coefficient (Wildman–Crippen LogP) is 5.58. The van der Waals surface area contributed by atoms with Crippen LogP contribution in [0.2, 0.25) is 0 Å². The molecule has 2 heterocycles. The molecule has 5 N–H and O–H groups in total. The molecule has 8 nitrogen and oxygen atoms in total. The fourth-order valence-electron chi connectivity index (χ4n) is 4.08. The number of hydrogen-bond acceptors (Lipinski definition) is 5. The van der Waals surface area contributed by atoms with E-state index >= 15 is 0 Å². The van der Waals surface area contributed by atoms with Gasteiger partial charge >= 0.3 is 24.3 Å². The molecule has 234 valence electrons. The second-order valence-corrected chi connectivity index (χ2v) is 9.49. The maximum atomic E-state index is 12.9. The Kier molecular flexibility index (Phi) is 12.5. The van der Waals surface area contributed by atoms with Crippen LogP contribution in [0.5, 0.6) is 0 Å². The van der Waals surface area contributed by atoms with E-state index in [-0.39, 0.29) is 5.91 Å². The molecule has 14 heteroatoms. The van der Waals surface area contributed by atoms with Gasteiger partial charge < -0.3 is 26.2 Å². The Morgan fingerprint density at radius 1 is 0.721 bits per heavy atom. The first-order chi connectivity index (χ1) is 20.0. The second-order valence-electron chi connectivity index (χ2n) is 9.49. The van der Waals surface area contributed by atoms with E-state index in [1.165, 1.54) is 22.3 Å². The average Bonchev–Trinajstić information content (AvgIpc) is 2.94. The molecule has 2 aromatic rings. The lowest BCUT2D eigenvalue weighted by Gasteiger charge is -2.17. The normalized spacial score (nSPS) is 15.0. The molecular formula is C29H31F6N3O5. The van der Waals surface area contributed by atoms with Crippen molar-refractivity contribution in [2.45, 2.75) is 39.0 Å². The highest BCUT2D eigenvalue weighted by atomic mass is 19.4. The molecule has 2 aromatic carbocycles. The smallest absolute Gasteiger partial charge is 0.475 e. The van der Waals surface area contributed by atoms with Crippen molar-refractivity contribution in [1.82, 2.24) is 10.6 Å². The van der Waals surface area contributed by atoms with Crippen molar-refractivity contribution in [3.8, 4) is 0 Å². The van der Waals surface area contributed by atoms with E-state index in [9.17, 15) is 31.1 Å². The van der Waals surface area contributed by atoms with Gasteiger partial charge in [-0.05, 0) is 91.4 Å². The number of nitrogens with one attached hydrogen (secondary N) is 3. The molecule has 4 rings (SSSR count). The highest BCUT2D eigenvalue weighted by molar-refractivity contribution is 6.06. The number of carbonyl (C=O) groups excluding carboxylic acids is 1. The number of amides is 1. The van der Waals surface area contributed by atoms with Crippen molar-refractivity contribution in [3.63, 3.8) is 0 Å². The van der Waals surface area contributed by atoms with Crippen LogP contribution in [-0.4, -0.2) is 66.6 Å². The zero-order chi connectivity index (χ0) is 32.4. The SMILES string of the molecule is Cc1cc(C2=CCNCC2)ccc1NC(=O)c1ccc(C2=CCNCC2)cc1C.O=C(O)C(F)(F)F.O=C(O)C(F)(F)F. The van der Waals surface area contributed by atoms with Gasteiger partial charge in [0.2, 0.25) is 0 Å². The van der Waals surface area contributed by atoms with Crippen LogP contribution in [0.15, 0.2) is 48.6 Å². The Balaban J connectivity index is 0.000000384. The number of carboxylic acids is 2. The number of rotatable bonds is 4. The summed E-state index contributed by atoms with van der Waals surface area (Å²) in [6, 6.07) is 12.5. The summed E-state index contributed by atoms with van der Waals surface area (Å²) in [6.07, 6.45) is -3.60.